The van der Waals surface area contributed by atoms with E-state index in [1.165, 1.54) is 10.9 Å². The average molecular weight is 432 g/mol. The lowest BCUT2D eigenvalue weighted by molar-refractivity contribution is 0.119. The van der Waals surface area contributed by atoms with E-state index < -0.39 is 0 Å². The highest BCUT2D eigenvalue weighted by molar-refractivity contribution is 5.91. The first-order valence-electron chi connectivity index (χ1n) is 11.5. The molecule has 7 nitrogen and oxygen atoms in total. The predicted octanol–water partition coefficient (Wildman–Crippen LogP) is 4.87. The number of hydrogen-bond acceptors (Lipinski definition) is 6. The molecule has 1 atom stereocenters. The van der Waals surface area contributed by atoms with Crippen LogP contribution in [0.15, 0.2) is 49.1 Å². The highest BCUT2D eigenvalue weighted by Gasteiger charge is 2.28. The summed E-state index contributed by atoms with van der Waals surface area (Å²) in [7, 11) is 0. The maximum atomic E-state index is 6.39. The van der Waals surface area contributed by atoms with Crippen molar-refractivity contribution in [2.24, 2.45) is 0 Å². The third kappa shape index (κ3) is 4.12. The number of ether oxygens (including phenoxy) is 2. The number of unbranched alkanes of at least 4 members (excludes halogenated alkanes) is 1. The molecular formula is C25H29N5O2. The average Bonchev–Trinajstić information content (AvgIpc) is 3.50. The number of anilines is 1. The molecule has 0 spiro atoms. The molecule has 1 saturated heterocycles. The number of aromatic amines is 1. The predicted molar refractivity (Wildman–Crippen MR) is 126 cm³/mol. The van der Waals surface area contributed by atoms with Crippen molar-refractivity contribution >= 4 is 27.8 Å². The Kier molecular flexibility index (Phi) is 6.16. The van der Waals surface area contributed by atoms with Gasteiger partial charge in [0.25, 0.3) is 0 Å². The zero-order valence-corrected chi connectivity index (χ0v) is 18.5. The van der Waals surface area contributed by atoms with Gasteiger partial charge >= 0.3 is 0 Å². The molecule has 4 aromatic rings. The summed E-state index contributed by atoms with van der Waals surface area (Å²) < 4.78 is 12.3. The van der Waals surface area contributed by atoms with Crippen molar-refractivity contribution in [3.05, 3.63) is 54.6 Å². The molecule has 0 radical (unpaired) electrons. The zero-order chi connectivity index (χ0) is 21.8. The summed E-state index contributed by atoms with van der Waals surface area (Å²) >= 11 is 0. The molecule has 7 heteroatoms. The number of hydrogen-bond donors (Lipinski definition) is 1. The van der Waals surface area contributed by atoms with Gasteiger partial charge in [-0.05, 0) is 36.3 Å². The van der Waals surface area contributed by atoms with Gasteiger partial charge in [0.05, 0.1) is 19.0 Å². The summed E-state index contributed by atoms with van der Waals surface area (Å²) in [5, 5.41) is 2.33. The molecule has 32 heavy (non-hydrogen) atoms. The summed E-state index contributed by atoms with van der Waals surface area (Å²) in [4.78, 5) is 18.6. The second kappa shape index (κ2) is 9.53. The Bertz CT molecular complexity index is 1190. The molecule has 2 aromatic carbocycles. The van der Waals surface area contributed by atoms with Crippen LogP contribution in [0.2, 0.25) is 0 Å². The van der Waals surface area contributed by atoms with Crippen LogP contribution in [0.1, 0.15) is 38.2 Å². The van der Waals surface area contributed by atoms with E-state index in [0.717, 1.165) is 61.3 Å². The minimum atomic E-state index is 0.257. The van der Waals surface area contributed by atoms with Crippen molar-refractivity contribution in [3.63, 3.8) is 0 Å². The van der Waals surface area contributed by atoms with E-state index in [1.807, 2.05) is 0 Å². The van der Waals surface area contributed by atoms with Crippen molar-refractivity contribution in [2.75, 3.05) is 24.7 Å². The Morgan fingerprint density at radius 3 is 2.91 bits per heavy atom. The third-order valence-electron chi connectivity index (χ3n) is 6.16. The molecular weight excluding hydrogens is 402 g/mol. The lowest BCUT2D eigenvalue weighted by Crippen LogP contribution is -2.35. The van der Waals surface area contributed by atoms with Crippen LogP contribution in [0.25, 0.3) is 21.9 Å². The number of H-pyrrole nitrogens is 1. The Morgan fingerprint density at radius 2 is 2.00 bits per heavy atom. The van der Waals surface area contributed by atoms with Crippen LogP contribution in [0, 0.1) is 0 Å². The van der Waals surface area contributed by atoms with Gasteiger partial charge in [-0.15, -0.1) is 0 Å². The molecule has 5 rings (SSSR count). The number of benzene rings is 2. The van der Waals surface area contributed by atoms with Crippen molar-refractivity contribution < 1.29 is 9.47 Å². The van der Waals surface area contributed by atoms with Crippen LogP contribution in [0.5, 0.6) is 5.75 Å². The minimum Gasteiger partial charge on any atom is -0.491 e. The van der Waals surface area contributed by atoms with Gasteiger partial charge in [0.2, 0.25) is 0 Å². The minimum absolute atomic E-state index is 0.257. The fourth-order valence-electron chi connectivity index (χ4n) is 4.46. The van der Waals surface area contributed by atoms with E-state index in [1.54, 1.807) is 12.7 Å². The maximum Gasteiger partial charge on any atom is 0.182 e. The molecule has 2 aromatic heterocycles. The summed E-state index contributed by atoms with van der Waals surface area (Å²) in [6.07, 6.45) is 7.68. The van der Waals surface area contributed by atoms with Crippen LogP contribution in [0.3, 0.4) is 0 Å². The summed E-state index contributed by atoms with van der Waals surface area (Å²) in [6.45, 7) is 5.17. The lowest BCUT2D eigenvalue weighted by atomic mass is 10.0. The van der Waals surface area contributed by atoms with Crippen LogP contribution in [0.4, 0.5) is 5.82 Å². The zero-order valence-electron chi connectivity index (χ0n) is 18.5. The van der Waals surface area contributed by atoms with Gasteiger partial charge in [-0.2, -0.15) is 0 Å². The van der Waals surface area contributed by atoms with E-state index >= 15 is 0 Å². The molecule has 0 saturated carbocycles. The molecule has 1 aliphatic heterocycles. The van der Waals surface area contributed by atoms with Gasteiger partial charge in [-0.25, -0.2) is 15.0 Å². The number of fused-ring (bicyclic) bond motifs is 2. The summed E-state index contributed by atoms with van der Waals surface area (Å²) in [5.41, 5.74) is 2.79. The number of nitrogens with one attached hydrogen (secondary N) is 1. The lowest BCUT2D eigenvalue weighted by Gasteiger charge is -2.26. The van der Waals surface area contributed by atoms with E-state index in [-0.39, 0.29) is 6.04 Å². The first kappa shape index (κ1) is 20.7. The van der Waals surface area contributed by atoms with Crippen LogP contribution in [-0.2, 0) is 11.3 Å². The first-order chi connectivity index (χ1) is 15.8. The second-order valence-corrected chi connectivity index (χ2v) is 8.27. The smallest absolute Gasteiger partial charge is 0.182 e. The Labute approximate surface area is 187 Å². The Balaban J connectivity index is 1.33. The second-order valence-electron chi connectivity index (χ2n) is 8.27. The molecule has 1 N–H and O–H groups in total. The molecule has 1 fully saturated rings. The van der Waals surface area contributed by atoms with Gasteiger partial charge < -0.3 is 19.4 Å². The molecule has 166 valence electrons. The number of imidazole rings is 1. The van der Waals surface area contributed by atoms with Crippen LogP contribution < -0.4 is 9.64 Å². The maximum absolute atomic E-state index is 6.39. The van der Waals surface area contributed by atoms with Crippen molar-refractivity contribution in [1.29, 1.82) is 0 Å². The standard InChI is InChI=1S/C25H29N5O2/c1-2-3-13-31-14-18-10-11-22(21-9-5-4-8-20(18)21)32-15-19-7-6-12-30(19)25-23-24(27-16-26-23)28-17-29-25/h4-5,8-11,16-17,19H,2-3,6-7,12-15H2,1H3,(H,26,27,28,29)/t19-/m1/s1. The SMILES string of the molecule is CCCCOCc1ccc(OC[C@H]2CCCN2c2ncnc3nc[nH]c23)c2ccccc12. The van der Waals surface area contributed by atoms with Crippen LogP contribution >= 0.6 is 0 Å². The fraction of sp³-hybridized carbons (Fsp3) is 0.400. The van der Waals surface area contributed by atoms with E-state index in [4.69, 9.17) is 9.47 Å². The van der Waals surface area contributed by atoms with Gasteiger partial charge in [0.15, 0.2) is 11.5 Å². The summed E-state index contributed by atoms with van der Waals surface area (Å²) in [5.74, 6) is 1.82. The Hall–Kier alpha value is -3.19. The molecule has 0 bridgehead atoms. The number of rotatable bonds is 9. The molecule has 3 heterocycles. The van der Waals surface area contributed by atoms with Crippen LogP contribution in [-0.4, -0.2) is 45.7 Å². The highest BCUT2D eigenvalue weighted by Crippen LogP contribution is 2.32. The molecule has 0 amide bonds. The van der Waals surface area contributed by atoms with E-state index in [0.29, 0.717) is 18.9 Å². The summed E-state index contributed by atoms with van der Waals surface area (Å²) in [6, 6.07) is 12.9. The van der Waals surface area contributed by atoms with E-state index in [2.05, 4.69) is 68.2 Å². The quantitative estimate of drug-likeness (QED) is 0.381. The first-order valence-corrected chi connectivity index (χ1v) is 11.5. The van der Waals surface area contributed by atoms with E-state index in [9.17, 15) is 0 Å². The van der Waals surface area contributed by atoms with Crippen molar-refractivity contribution in [2.45, 2.75) is 45.3 Å². The molecule has 0 unspecified atom stereocenters. The van der Waals surface area contributed by atoms with Gasteiger partial charge in [-0.3, -0.25) is 0 Å². The number of aromatic nitrogens is 4. The van der Waals surface area contributed by atoms with Crippen molar-refractivity contribution in [1.82, 2.24) is 19.9 Å². The largest absolute Gasteiger partial charge is 0.491 e. The third-order valence-corrected chi connectivity index (χ3v) is 6.16. The fourth-order valence-corrected chi connectivity index (χ4v) is 4.46. The van der Waals surface area contributed by atoms with Crippen molar-refractivity contribution in [3.8, 4) is 5.75 Å². The normalized spacial score (nSPS) is 16.3. The molecule has 0 aliphatic carbocycles. The topological polar surface area (TPSA) is 76.2 Å². The monoisotopic (exact) mass is 431 g/mol. The molecule has 1 aliphatic rings. The number of nitrogens with zero attached hydrogens (tertiary/aromatic N) is 4. The van der Waals surface area contributed by atoms with Gasteiger partial charge in [-0.1, -0.05) is 43.7 Å². The highest BCUT2D eigenvalue weighted by atomic mass is 16.5. The Morgan fingerprint density at radius 1 is 1.09 bits per heavy atom. The van der Waals surface area contributed by atoms with Gasteiger partial charge in [0.1, 0.15) is 24.2 Å². The van der Waals surface area contributed by atoms with Gasteiger partial charge in [0, 0.05) is 18.5 Å².